The fourth-order valence-electron chi connectivity index (χ4n) is 2.11. The van der Waals surface area contributed by atoms with E-state index in [1.54, 1.807) is 20.8 Å². The van der Waals surface area contributed by atoms with E-state index >= 15 is 0 Å². The molecule has 1 fully saturated rings. The number of hydrogen-bond acceptors (Lipinski definition) is 7. The lowest BCUT2D eigenvalue weighted by Crippen LogP contribution is -2.70. The van der Waals surface area contributed by atoms with Crippen LogP contribution in [0.4, 0.5) is 4.79 Å². The van der Waals surface area contributed by atoms with Crippen LogP contribution in [0.15, 0.2) is 0 Å². The average molecular weight is 307 g/mol. The lowest BCUT2D eigenvalue weighted by Gasteiger charge is -2.43. The molecule has 0 spiro atoms. The fourth-order valence-corrected chi connectivity index (χ4v) is 2.11. The molecule has 0 heterocycles. The first-order chi connectivity index (χ1) is 9.38. The number of nitrogens with one attached hydrogen (secondary N) is 1. The monoisotopic (exact) mass is 307 g/mol. The minimum absolute atomic E-state index is 0.767. The van der Waals surface area contributed by atoms with Crippen molar-refractivity contribution < 1.29 is 39.9 Å². The standard InChI is InChI=1S/C12H21NO8/c1-11(2,3)21-10(19)13-6-7(15)5(14)4-12(20,8(6)16)9(17)18/h5-8,14-16,20H,4H2,1-3H3,(H,13,19)(H,17,18)/t5-,6+,7+,8-,12-/m1/s1. The van der Waals surface area contributed by atoms with E-state index in [4.69, 9.17) is 9.84 Å². The van der Waals surface area contributed by atoms with Gasteiger partial charge in [-0.3, -0.25) is 0 Å². The molecule has 0 aromatic carbocycles. The smallest absolute Gasteiger partial charge is 0.408 e. The van der Waals surface area contributed by atoms with E-state index in [1.807, 2.05) is 0 Å². The van der Waals surface area contributed by atoms with Gasteiger partial charge in [0.2, 0.25) is 0 Å². The predicted octanol–water partition coefficient (Wildman–Crippen LogP) is -1.82. The number of amides is 1. The Kier molecular flexibility index (Phi) is 4.83. The summed E-state index contributed by atoms with van der Waals surface area (Å²) in [6.07, 6.45) is -7.08. The molecule has 21 heavy (non-hydrogen) atoms. The van der Waals surface area contributed by atoms with E-state index < -0.39 is 54.0 Å². The van der Waals surface area contributed by atoms with Gasteiger partial charge in [0.15, 0.2) is 5.60 Å². The van der Waals surface area contributed by atoms with E-state index in [0.29, 0.717) is 0 Å². The Balaban J connectivity index is 2.92. The van der Waals surface area contributed by atoms with Crippen LogP contribution in [0, 0.1) is 0 Å². The van der Waals surface area contributed by atoms with Gasteiger partial charge in [-0.2, -0.15) is 0 Å². The molecule has 0 aromatic rings. The van der Waals surface area contributed by atoms with Crippen molar-refractivity contribution in [2.75, 3.05) is 0 Å². The van der Waals surface area contributed by atoms with Crippen molar-refractivity contribution in [1.82, 2.24) is 5.32 Å². The second-order valence-corrected chi connectivity index (χ2v) is 6.11. The summed E-state index contributed by atoms with van der Waals surface area (Å²) >= 11 is 0. The van der Waals surface area contributed by atoms with E-state index in [9.17, 15) is 30.0 Å². The van der Waals surface area contributed by atoms with Crippen LogP contribution in [0.5, 0.6) is 0 Å². The summed E-state index contributed by atoms with van der Waals surface area (Å²) in [4.78, 5) is 22.7. The molecule has 1 saturated carbocycles. The second kappa shape index (κ2) is 5.76. The quantitative estimate of drug-likeness (QED) is 0.348. The van der Waals surface area contributed by atoms with Crippen LogP contribution in [-0.4, -0.2) is 73.2 Å². The largest absolute Gasteiger partial charge is 0.479 e. The number of aliphatic hydroxyl groups excluding tert-OH is 3. The maximum absolute atomic E-state index is 11.6. The molecule has 1 rings (SSSR count). The highest BCUT2D eigenvalue weighted by atomic mass is 16.6. The highest BCUT2D eigenvalue weighted by Crippen LogP contribution is 2.30. The number of aliphatic hydroxyl groups is 4. The Bertz CT molecular complexity index is 420. The molecular formula is C12H21NO8. The van der Waals surface area contributed by atoms with Crippen molar-refractivity contribution in [3.8, 4) is 0 Å². The first-order valence-electron chi connectivity index (χ1n) is 6.38. The molecule has 9 heteroatoms. The number of rotatable bonds is 2. The molecule has 0 bridgehead atoms. The Hall–Kier alpha value is -1.42. The van der Waals surface area contributed by atoms with Gasteiger partial charge >= 0.3 is 12.1 Å². The number of alkyl carbamates (subject to hydrolysis) is 1. The van der Waals surface area contributed by atoms with Crippen LogP contribution in [0.25, 0.3) is 0 Å². The predicted molar refractivity (Wildman–Crippen MR) is 68.4 cm³/mol. The molecule has 1 amide bonds. The normalized spacial score (nSPS) is 36.9. The fraction of sp³-hybridized carbons (Fsp3) is 0.833. The Morgan fingerprint density at radius 1 is 1.24 bits per heavy atom. The minimum atomic E-state index is -2.68. The second-order valence-electron chi connectivity index (χ2n) is 6.11. The molecule has 122 valence electrons. The van der Waals surface area contributed by atoms with Crippen molar-refractivity contribution in [2.24, 2.45) is 0 Å². The van der Waals surface area contributed by atoms with Crippen molar-refractivity contribution in [1.29, 1.82) is 0 Å². The van der Waals surface area contributed by atoms with E-state index in [-0.39, 0.29) is 0 Å². The zero-order valence-corrected chi connectivity index (χ0v) is 12.0. The molecule has 0 aliphatic heterocycles. The summed E-state index contributed by atoms with van der Waals surface area (Å²) in [6.45, 7) is 4.76. The summed E-state index contributed by atoms with van der Waals surface area (Å²) in [5.74, 6) is -1.77. The maximum atomic E-state index is 11.6. The number of carbonyl (C=O) groups excluding carboxylic acids is 1. The Morgan fingerprint density at radius 3 is 2.19 bits per heavy atom. The molecule has 1 aliphatic rings. The molecule has 5 atom stereocenters. The molecule has 0 radical (unpaired) electrons. The number of ether oxygens (including phenoxy) is 1. The SMILES string of the molecule is CC(C)(C)OC(=O)N[C@H]1[C@@H](O)[C@H](O)C[C@](O)(C(=O)O)[C@@H]1O. The third-order valence-corrected chi connectivity index (χ3v) is 3.17. The summed E-state index contributed by atoms with van der Waals surface area (Å²) in [5, 5.41) is 50.3. The summed E-state index contributed by atoms with van der Waals surface area (Å²) in [7, 11) is 0. The van der Waals surface area contributed by atoms with Gasteiger partial charge in [0.05, 0.1) is 12.1 Å². The zero-order valence-electron chi connectivity index (χ0n) is 12.0. The topological polar surface area (TPSA) is 157 Å². The number of carbonyl (C=O) groups is 2. The van der Waals surface area contributed by atoms with Gasteiger partial charge in [0.25, 0.3) is 0 Å². The maximum Gasteiger partial charge on any atom is 0.408 e. The van der Waals surface area contributed by atoms with Crippen LogP contribution in [0.1, 0.15) is 27.2 Å². The van der Waals surface area contributed by atoms with E-state index in [0.717, 1.165) is 0 Å². The van der Waals surface area contributed by atoms with Gasteiger partial charge in [-0.25, -0.2) is 9.59 Å². The number of hydrogen-bond donors (Lipinski definition) is 6. The first-order valence-corrected chi connectivity index (χ1v) is 6.38. The van der Waals surface area contributed by atoms with Crippen LogP contribution in [0.3, 0.4) is 0 Å². The van der Waals surface area contributed by atoms with Gasteiger partial charge in [0, 0.05) is 6.42 Å². The first kappa shape index (κ1) is 17.6. The van der Waals surface area contributed by atoms with Crippen LogP contribution in [-0.2, 0) is 9.53 Å². The molecular weight excluding hydrogens is 286 g/mol. The summed E-state index contributed by atoms with van der Waals surface area (Å²) < 4.78 is 4.92. The summed E-state index contributed by atoms with van der Waals surface area (Å²) in [6, 6.07) is -1.59. The number of aliphatic carboxylic acids is 1. The zero-order chi connectivity index (χ0) is 16.6. The van der Waals surface area contributed by atoms with Gasteiger partial charge in [-0.15, -0.1) is 0 Å². The highest BCUT2D eigenvalue weighted by Gasteiger charge is 2.56. The molecule has 0 unspecified atom stereocenters. The Morgan fingerprint density at radius 2 is 1.76 bits per heavy atom. The molecule has 1 aliphatic carbocycles. The number of carboxylic acid groups (broad SMARTS) is 1. The minimum Gasteiger partial charge on any atom is -0.479 e. The molecule has 0 aromatic heterocycles. The average Bonchev–Trinajstić information content (AvgIpc) is 2.29. The Labute approximate surface area is 121 Å². The lowest BCUT2D eigenvalue weighted by molar-refractivity contribution is -0.203. The third-order valence-electron chi connectivity index (χ3n) is 3.17. The van der Waals surface area contributed by atoms with Crippen molar-refractivity contribution in [3.05, 3.63) is 0 Å². The van der Waals surface area contributed by atoms with Crippen LogP contribution < -0.4 is 5.32 Å². The van der Waals surface area contributed by atoms with E-state index in [1.165, 1.54) is 0 Å². The molecule has 6 N–H and O–H groups in total. The van der Waals surface area contributed by atoms with Gasteiger partial charge in [-0.1, -0.05) is 0 Å². The van der Waals surface area contributed by atoms with Crippen LogP contribution >= 0.6 is 0 Å². The van der Waals surface area contributed by atoms with Gasteiger partial charge in [-0.05, 0) is 20.8 Å². The van der Waals surface area contributed by atoms with Crippen molar-refractivity contribution in [2.45, 2.75) is 62.7 Å². The third kappa shape index (κ3) is 3.82. The number of carboxylic acids is 1. The highest BCUT2D eigenvalue weighted by molar-refractivity contribution is 5.79. The van der Waals surface area contributed by atoms with Gasteiger partial charge in [0.1, 0.15) is 17.8 Å². The van der Waals surface area contributed by atoms with Crippen molar-refractivity contribution in [3.63, 3.8) is 0 Å². The van der Waals surface area contributed by atoms with Crippen molar-refractivity contribution >= 4 is 12.1 Å². The lowest BCUT2D eigenvalue weighted by atomic mass is 9.76. The van der Waals surface area contributed by atoms with E-state index in [2.05, 4.69) is 5.32 Å². The summed E-state index contributed by atoms with van der Waals surface area (Å²) in [5.41, 5.74) is -3.53. The molecule has 9 nitrogen and oxygen atoms in total. The van der Waals surface area contributed by atoms with Crippen LogP contribution in [0.2, 0.25) is 0 Å². The van der Waals surface area contributed by atoms with Gasteiger partial charge < -0.3 is 35.6 Å². The molecule has 0 saturated heterocycles.